The molecule has 0 unspecified atom stereocenters. The minimum absolute atomic E-state index is 0.0349. The van der Waals surface area contributed by atoms with Crippen LogP contribution in [0.15, 0.2) is 36.7 Å². The molecular weight excluding hydrogens is 416 g/mol. The molecular formula is C25H26N6O2. The second kappa shape index (κ2) is 8.16. The minimum atomic E-state index is 0.0349. The van der Waals surface area contributed by atoms with E-state index in [2.05, 4.69) is 26.8 Å². The highest BCUT2D eigenvalue weighted by atomic mass is 16.5. The Morgan fingerprint density at radius 2 is 2.03 bits per heavy atom. The van der Waals surface area contributed by atoms with Crippen LogP contribution < -0.4 is 15.4 Å². The van der Waals surface area contributed by atoms with Crippen molar-refractivity contribution in [2.24, 2.45) is 11.8 Å². The van der Waals surface area contributed by atoms with Gasteiger partial charge < -0.3 is 15.4 Å². The van der Waals surface area contributed by atoms with Crippen molar-refractivity contribution >= 4 is 17.2 Å². The number of nitriles is 1. The smallest absolute Gasteiger partial charge is 0.228 e. The van der Waals surface area contributed by atoms with Crippen LogP contribution >= 0.6 is 0 Å². The molecule has 3 aromatic heterocycles. The fraction of sp³-hybridized carbons (Fsp3) is 0.440. The average molecular weight is 443 g/mol. The van der Waals surface area contributed by atoms with Gasteiger partial charge in [0, 0.05) is 35.8 Å². The molecule has 0 bridgehead atoms. The highest BCUT2D eigenvalue weighted by Gasteiger charge is 2.34. The molecule has 8 nitrogen and oxygen atoms in total. The molecule has 3 aliphatic carbocycles. The Hall–Kier alpha value is -3.44. The molecule has 3 fully saturated rings. The molecule has 1 amide bonds. The topological polar surface area (TPSA) is 104 Å². The number of nitrogens with zero attached hydrogens (tertiary/aromatic N) is 4. The summed E-state index contributed by atoms with van der Waals surface area (Å²) < 4.78 is 7.92. The van der Waals surface area contributed by atoms with Gasteiger partial charge in [-0.05, 0) is 68.2 Å². The van der Waals surface area contributed by atoms with Crippen molar-refractivity contribution in [1.82, 2.24) is 19.9 Å². The van der Waals surface area contributed by atoms with Gasteiger partial charge in [-0.25, -0.2) is 9.50 Å². The number of ether oxygens (including phenoxy) is 1. The summed E-state index contributed by atoms with van der Waals surface area (Å²) in [5, 5.41) is 20.4. The van der Waals surface area contributed by atoms with Crippen molar-refractivity contribution in [3.8, 4) is 22.9 Å². The fourth-order valence-electron chi connectivity index (χ4n) is 4.44. The van der Waals surface area contributed by atoms with Gasteiger partial charge >= 0.3 is 0 Å². The molecule has 8 heteroatoms. The quantitative estimate of drug-likeness (QED) is 0.553. The summed E-state index contributed by atoms with van der Waals surface area (Å²) in [4.78, 5) is 16.3. The van der Waals surface area contributed by atoms with Gasteiger partial charge in [0.05, 0.1) is 18.3 Å². The SMILES string of the molecule is N#Cc1cc(-c2ccn3nc(NC(=O)C4CC4)cc3c2)c(OCC2CC(NC3CC3)C2)cn1. The van der Waals surface area contributed by atoms with E-state index in [4.69, 9.17) is 4.74 Å². The Kier molecular flexibility index (Phi) is 4.99. The van der Waals surface area contributed by atoms with Gasteiger partial charge in [0.2, 0.25) is 5.91 Å². The Bertz CT molecular complexity index is 1250. The van der Waals surface area contributed by atoms with Crippen molar-refractivity contribution < 1.29 is 9.53 Å². The third-order valence-electron chi connectivity index (χ3n) is 6.71. The molecule has 6 rings (SSSR count). The Morgan fingerprint density at radius 1 is 1.18 bits per heavy atom. The molecule has 0 spiro atoms. The number of fused-ring (bicyclic) bond motifs is 1. The number of aromatic nitrogens is 3. The maximum atomic E-state index is 12.1. The number of hydrogen-bond acceptors (Lipinski definition) is 6. The number of hydrogen-bond donors (Lipinski definition) is 2. The summed E-state index contributed by atoms with van der Waals surface area (Å²) in [7, 11) is 0. The first-order valence-corrected chi connectivity index (χ1v) is 11.7. The molecule has 0 aliphatic heterocycles. The summed E-state index contributed by atoms with van der Waals surface area (Å²) in [6.07, 6.45) is 10.3. The van der Waals surface area contributed by atoms with Crippen LogP contribution in [0.3, 0.4) is 0 Å². The standard InChI is InChI=1S/C25H26N6O2/c26-12-20-10-22(23(13-27-20)33-14-15-7-19(8-15)28-18-3-4-18)17-5-6-31-21(9-17)11-24(30-31)29-25(32)16-1-2-16/h5-6,9-11,13,15-16,18-19,28H,1-4,7-8,14H2,(H,29,30,32). The van der Waals surface area contributed by atoms with Crippen LogP contribution in [0.5, 0.6) is 5.75 Å². The van der Waals surface area contributed by atoms with Crippen molar-refractivity contribution in [1.29, 1.82) is 5.26 Å². The number of nitrogens with one attached hydrogen (secondary N) is 2. The number of carbonyl (C=O) groups is 1. The van der Waals surface area contributed by atoms with Gasteiger partial charge in [-0.1, -0.05) is 0 Å². The lowest BCUT2D eigenvalue weighted by Gasteiger charge is -2.36. The number of pyridine rings is 2. The summed E-state index contributed by atoms with van der Waals surface area (Å²) >= 11 is 0. The highest BCUT2D eigenvalue weighted by Crippen LogP contribution is 2.35. The molecule has 3 aliphatic rings. The molecule has 0 saturated heterocycles. The molecule has 3 saturated carbocycles. The Balaban J connectivity index is 1.19. The van der Waals surface area contributed by atoms with Gasteiger partial charge in [-0.3, -0.25) is 4.79 Å². The van der Waals surface area contributed by atoms with Crippen molar-refractivity contribution in [2.45, 2.75) is 50.6 Å². The van der Waals surface area contributed by atoms with E-state index >= 15 is 0 Å². The van der Waals surface area contributed by atoms with Crippen LogP contribution in [-0.4, -0.2) is 39.2 Å². The lowest BCUT2D eigenvalue weighted by Crippen LogP contribution is -2.44. The Morgan fingerprint density at radius 3 is 2.79 bits per heavy atom. The van der Waals surface area contributed by atoms with E-state index in [0.29, 0.717) is 35.8 Å². The van der Waals surface area contributed by atoms with Crippen molar-refractivity contribution in [3.63, 3.8) is 0 Å². The van der Waals surface area contributed by atoms with E-state index in [1.54, 1.807) is 16.8 Å². The predicted octanol–water partition coefficient (Wildman–Crippen LogP) is 3.53. The Labute approximate surface area is 192 Å². The van der Waals surface area contributed by atoms with Gasteiger partial charge in [-0.2, -0.15) is 10.4 Å². The minimum Gasteiger partial charge on any atom is -0.491 e. The summed E-state index contributed by atoms with van der Waals surface area (Å²) in [5.74, 6) is 1.93. The molecule has 2 N–H and O–H groups in total. The van der Waals surface area contributed by atoms with E-state index in [-0.39, 0.29) is 11.8 Å². The van der Waals surface area contributed by atoms with Crippen LogP contribution in [-0.2, 0) is 4.79 Å². The molecule has 33 heavy (non-hydrogen) atoms. The van der Waals surface area contributed by atoms with Crippen LogP contribution in [0.25, 0.3) is 16.6 Å². The third kappa shape index (κ3) is 4.41. The second-order valence-corrected chi connectivity index (χ2v) is 9.54. The summed E-state index contributed by atoms with van der Waals surface area (Å²) in [5.41, 5.74) is 2.95. The van der Waals surface area contributed by atoms with E-state index in [1.165, 1.54) is 12.8 Å². The first kappa shape index (κ1) is 20.2. The van der Waals surface area contributed by atoms with E-state index in [9.17, 15) is 10.1 Å². The molecule has 3 heterocycles. The second-order valence-electron chi connectivity index (χ2n) is 9.54. The predicted molar refractivity (Wildman–Crippen MR) is 123 cm³/mol. The molecule has 3 aromatic rings. The van der Waals surface area contributed by atoms with Gasteiger partial charge in [0.15, 0.2) is 5.82 Å². The third-order valence-corrected chi connectivity index (χ3v) is 6.71. The summed E-state index contributed by atoms with van der Waals surface area (Å²) in [6.45, 7) is 0.649. The zero-order chi connectivity index (χ0) is 22.4. The van der Waals surface area contributed by atoms with Gasteiger partial charge in [0.25, 0.3) is 0 Å². The van der Waals surface area contributed by atoms with E-state index in [1.807, 2.05) is 24.4 Å². The molecule has 0 aromatic carbocycles. The zero-order valence-electron chi connectivity index (χ0n) is 18.3. The molecule has 0 radical (unpaired) electrons. The highest BCUT2D eigenvalue weighted by molar-refractivity contribution is 5.93. The number of anilines is 1. The van der Waals surface area contributed by atoms with Crippen LogP contribution in [0.4, 0.5) is 5.82 Å². The number of carbonyl (C=O) groups excluding carboxylic acids is 1. The summed E-state index contributed by atoms with van der Waals surface area (Å²) in [6, 6.07) is 11.0. The molecule has 168 valence electrons. The zero-order valence-corrected chi connectivity index (χ0v) is 18.3. The maximum absolute atomic E-state index is 12.1. The van der Waals surface area contributed by atoms with Crippen LogP contribution in [0.2, 0.25) is 0 Å². The van der Waals surface area contributed by atoms with Gasteiger partial charge in [-0.15, -0.1) is 0 Å². The van der Waals surface area contributed by atoms with E-state index in [0.717, 1.165) is 48.4 Å². The largest absolute Gasteiger partial charge is 0.491 e. The van der Waals surface area contributed by atoms with Crippen LogP contribution in [0, 0.1) is 23.2 Å². The normalized spacial score (nSPS) is 21.9. The van der Waals surface area contributed by atoms with Gasteiger partial charge in [0.1, 0.15) is 17.5 Å². The van der Waals surface area contributed by atoms with E-state index < -0.39 is 0 Å². The van der Waals surface area contributed by atoms with Crippen molar-refractivity contribution in [3.05, 3.63) is 42.4 Å². The lowest BCUT2D eigenvalue weighted by atomic mass is 9.81. The number of rotatable bonds is 8. The first-order chi connectivity index (χ1) is 16.1. The number of amides is 1. The van der Waals surface area contributed by atoms with Crippen molar-refractivity contribution in [2.75, 3.05) is 11.9 Å². The maximum Gasteiger partial charge on any atom is 0.228 e. The van der Waals surface area contributed by atoms with Crippen LogP contribution in [0.1, 0.15) is 44.2 Å². The average Bonchev–Trinajstić information content (AvgIpc) is 3.72. The fourth-order valence-corrected chi connectivity index (χ4v) is 4.44. The molecule has 0 atom stereocenters. The first-order valence-electron chi connectivity index (χ1n) is 11.7. The monoisotopic (exact) mass is 442 g/mol. The lowest BCUT2D eigenvalue weighted by molar-refractivity contribution is -0.117.